The first kappa shape index (κ1) is 12.8. The Kier molecular flexibility index (Phi) is 5.41. The molecule has 0 aliphatic heterocycles. The van der Waals surface area contributed by atoms with Crippen LogP contribution < -0.4 is 0 Å². The van der Waals surface area contributed by atoms with Crippen molar-refractivity contribution in [2.24, 2.45) is 0 Å². The molecule has 2 nitrogen and oxygen atoms in total. The Bertz CT molecular complexity index is 202. The van der Waals surface area contributed by atoms with Crippen LogP contribution in [0.25, 0.3) is 0 Å². The molecule has 0 heterocycles. The number of hydrogen-bond acceptors (Lipinski definition) is 2. The molecule has 1 aliphatic carbocycles. The maximum atomic E-state index is 5.81. The van der Waals surface area contributed by atoms with Crippen LogP contribution in [0.3, 0.4) is 0 Å². The standard InChI is InChI=1S/C12H23BO2/c1-10(2)14-13(15-11(3)4)12-8-6-5-7-9-12/h8,10-11H,5-7,9H2,1-4H3. The second kappa shape index (κ2) is 6.34. The highest BCUT2D eigenvalue weighted by Gasteiger charge is 2.27. The highest BCUT2D eigenvalue weighted by Crippen LogP contribution is 2.22. The molecule has 0 bridgehead atoms. The van der Waals surface area contributed by atoms with Crippen molar-refractivity contribution in [3.8, 4) is 0 Å². The lowest BCUT2D eigenvalue weighted by molar-refractivity contribution is 0.135. The normalized spacial score (nSPS) is 17.1. The first-order chi connectivity index (χ1) is 7.09. The highest BCUT2D eigenvalue weighted by atomic mass is 16.6. The van der Waals surface area contributed by atoms with Gasteiger partial charge in [0.2, 0.25) is 0 Å². The molecular formula is C12H23BO2. The smallest absolute Gasteiger partial charge is 0.405 e. The third kappa shape index (κ3) is 4.85. The molecule has 0 atom stereocenters. The van der Waals surface area contributed by atoms with Crippen LogP contribution in [0.4, 0.5) is 0 Å². The lowest BCUT2D eigenvalue weighted by Gasteiger charge is -2.23. The third-order valence-electron chi connectivity index (χ3n) is 2.42. The fraction of sp³-hybridized carbons (Fsp3) is 0.833. The van der Waals surface area contributed by atoms with Crippen LogP contribution in [0.15, 0.2) is 11.5 Å². The quantitative estimate of drug-likeness (QED) is 0.647. The fourth-order valence-corrected chi connectivity index (χ4v) is 1.78. The van der Waals surface area contributed by atoms with Crippen molar-refractivity contribution in [1.29, 1.82) is 0 Å². The number of rotatable bonds is 5. The van der Waals surface area contributed by atoms with Gasteiger partial charge in [0, 0.05) is 12.2 Å². The predicted molar refractivity (Wildman–Crippen MR) is 64.7 cm³/mol. The molecule has 0 aromatic heterocycles. The van der Waals surface area contributed by atoms with Gasteiger partial charge in [-0.2, -0.15) is 0 Å². The van der Waals surface area contributed by atoms with E-state index in [1.807, 2.05) is 0 Å². The van der Waals surface area contributed by atoms with E-state index >= 15 is 0 Å². The van der Waals surface area contributed by atoms with E-state index in [9.17, 15) is 0 Å². The van der Waals surface area contributed by atoms with Gasteiger partial charge in [-0.05, 0) is 58.9 Å². The van der Waals surface area contributed by atoms with Crippen LogP contribution in [0, 0.1) is 0 Å². The van der Waals surface area contributed by atoms with E-state index in [4.69, 9.17) is 9.31 Å². The number of allylic oxidation sites excluding steroid dienone is 2. The van der Waals surface area contributed by atoms with Gasteiger partial charge in [0.05, 0.1) is 0 Å². The molecule has 0 unspecified atom stereocenters. The predicted octanol–water partition coefficient (Wildman–Crippen LogP) is 3.36. The van der Waals surface area contributed by atoms with Crippen molar-refractivity contribution in [2.45, 2.75) is 65.6 Å². The van der Waals surface area contributed by atoms with Gasteiger partial charge in [0.25, 0.3) is 0 Å². The Labute approximate surface area is 94.2 Å². The summed E-state index contributed by atoms with van der Waals surface area (Å²) in [4.78, 5) is 0. The van der Waals surface area contributed by atoms with Gasteiger partial charge in [-0.1, -0.05) is 6.08 Å². The monoisotopic (exact) mass is 210 g/mol. The Morgan fingerprint density at radius 1 is 1.07 bits per heavy atom. The summed E-state index contributed by atoms with van der Waals surface area (Å²) in [5.41, 5.74) is 1.34. The Morgan fingerprint density at radius 3 is 2.07 bits per heavy atom. The maximum Gasteiger partial charge on any atom is 0.489 e. The molecular weight excluding hydrogens is 187 g/mol. The molecule has 0 fully saturated rings. The molecule has 0 aromatic rings. The van der Waals surface area contributed by atoms with E-state index in [1.54, 1.807) is 0 Å². The van der Waals surface area contributed by atoms with Crippen molar-refractivity contribution in [3.63, 3.8) is 0 Å². The average Bonchev–Trinajstić information content (AvgIpc) is 2.17. The Hall–Kier alpha value is -0.275. The van der Waals surface area contributed by atoms with Gasteiger partial charge in [0.1, 0.15) is 0 Å². The van der Waals surface area contributed by atoms with Crippen LogP contribution in [0.1, 0.15) is 53.4 Å². The van der Waals surface area contributed by atoms with E-state index in [0.29, 0.717) is 0 Å². The second-order valence-corrected chi connectivity index (χ2v) is 4.73. The van der Waals surface area contributed by atoms with Gasteiger partial charge in [0.15, 0.2) is 0 Å². The summed E-state index contributed by atoms with van der Waals surface area (Å²) in [6, 6.07) is 0. The second-order valence-electron chi connectivity index (χ2n) is 4.73. The van der Waals surface area contributed by atoms with E-state index in [2.05, 4.69) is 33.8 Å². The minimum absolute atomic E-state index is 0.120. The van der Waals surface area contributed by atoms with Gasteiger partial charge < -0.3 is 9.31 Å². The molecule has 1 aliphatic rings. The third-order valence-corrected chi connectivity index (χ3v) is 2.42. The molecule has 0 saturated heterocycles. The van der Waals surface area contributed by atoms with Crippen LogP contribution in [-0.4, -0.2) is 19.3 Å². The minimum Gasteiger partial charge on any atom is -0.405 e. The van der Waals surface area contributed by atoms with E-state index in [1.165, 1.54) is 24.7 Å². The lowest BCUT2D eigenvalue weighted by Crippen LogP contribution is -2.32. The van der Waals surface area contributed by atoms with Crippen molar-refractivity contribution in [3.05, 3.63) is 11.5 Å². The van der Waals surface area contributed by atoms with Gasteiger partial charge in [-0.15, -0.1) is 0 Å². The highest BCUT2D eigenvalue weighted by molar-refractivity contribution is 6.53. The molecule has 0 aromatic carbocycles. The average molecular weight is 210 g/mol. The topological polar surface area (TPSA) is 18.5 Å². The molecule has 3 heteroatoms. The fourth-order valence-electron chi connectivity index (χ4n) is 1.78. The van der Waals surface area contributed by atoms with Crippen LogP contribution in [0.2, 0.25) is 0 Å². The summed E-state index contributed by atoms with van der Waals surface area (Å²) < 4.78 is 11.6. The summed E-state index contributed by atoms with van der Waals surface area (Å²) in [5, 5.41) is 0. The first-order valence-electron chi connectivity index (χ1n) is 6.09. The minimum atomic E-state index is -0.120. The van der Waals surface area contributed by atoms with Crippen molar-refractivity contribution < 1.29 is 9.31 Å². The maximum absolute atomic E-state index is 5.81. The molecule has 0 radical (unpaired) electrons. The SMILES string of the molecule is CC(C)OB(OC(C)C)C1=CCCCC1. The van der Waals surface area contributed by atoms with E-state index in [-0.39, 0.29) is 19.3 Å². The van der Waals surface area contributed by atoms with E-state index in [0.717, 1.165) is 6.42 Å². The first-order valence-corrected chi connectivity index (χ1v) is 6.09. The van der Waals surface area contributed by atoms with Crippen LogP contribution >= 0.6 is 0 Å². The summed E-state index contributed by atoms with van der Waals surface area (Å²) >= 11 is 0. The number of hydrogen-bond donors (Lipinski definition) is 0. The summed E-state index contributed by atoms with van der Waals surface area (Å²) in [7, 11) is -0.120. The van der Waals surface area contributed by atoms with Crippen LogP contribution in [0.5, 0.6) is 0 Å². The van der Waals surface area contributed by atoms with Gasteiger partial charge in [-0.3, -0.25) is 0 Å². The van der Waals surface area contributed by atoms with Crippen molar-refractivity contribution in [2.75, 3.05) is 0 Å². The van der Waals surface area contributed by atoms with Gasteiger partial charge in [-0.25, -0.2) is 0 Å². The van der Waals surface area contributed by atoms with Crippen molar-refractivity contribution >= 4 is 7.12 Å². The zero-order chi connectivity index (χ0) is 11.3. The zero-order valence-corrected chi connectivity index (χ0v) is 10.5. The largest absolute Gasteiger partial charge is 0.489 e. The molecule has 1 rings (SSSR count). The molecule has 15 heavy (non-hydrogen) atoms. The van der Waals surface area contributed by atoms with Crippen LogP contribution in [-0.2, 0) is 9.31 Å². The molecule has 0 amide bonds. The zero-order valence-electron chi connectivity index (χ0n) is 10.5. The lowest BCUT2D eigenvalue weighted by atomic mass is 9.72. The van der Waals surface area contributed by atoms with Gasteiger partial charge >= 0.3 is 7.12 Å². The summed E-state index contributed by atoms with van der Waals surface area (Å²) in [6.07, 6.45) is 7.61. The molecule has 86 valence electrons. The molecule has 0 spiro atoms. The summed E-state index contributed by atoms with van der Waals surface area (Å²) in [5.74, 6) is 0. The Morgan fingerprint density at radius 2 is 1.67 bits per heavy atom. The summed E-state index contributed by atoms with van der Waals surface area (Å²) in [6.45, 7) is 8.22. The Balaban J connectivity index is 2.57. The van der Waals surface area contributed by atoms with E-state index < -0.39 is 0 Å². The van der Waals surface area contributed by atoms with Crippen molar-refractivity contribution in [1.82, 2.24) is 0 Å². The molecule has 0 N–H and O–H groups in total. The molecule has 0 saturated carbocycles.